The molecular weight excluding hydrogens is 166 g/mol. The molecule has 0 aliphatic carbocycles. The van der Waals surface area contributed by atoms with Crippen LogP contribution in [0.3, 0.4) is 0 Å². The van der Waals surface area contributed by atoms with Gasteiger partial charge < -0.3 is 5.32 Å². The number of hydrogen-bond acceptors (Lipinski definition) is 3. The van der Waals surface area contributed by atoms with Crippen molar-refractivity contribution in [2.45, 2.75) is 27.2 Å². The molecule has 4 nitrogen and oxygen atoms in total. The maximum Gasteiger partial charge on any atom is 0.221 e. The van der Waals surface area contributed by atoms with Crippen molar-refractivity contribution in [3.05, 3.63) is 0 Å². The zero-order chi connectivity index (χ0) is 10.3. The SMILES string of the molecule is C=NCNCNC(=O)CC(C)(C)C. The van der Waals surface area contributed by atoms with Crippen LogP contribution >= 0.6 is 0 Å². The van der Waals surface area contributed by atoms with Crippen molar-refractivity contribution >= 4 is 12.6 Å². The first-order valence-corrected chi connectivity index (χ1v) is 4.35. The van der Waals surface area contributed by atoms with Crippen molar-refractivity contribution in [2.75, 3.05) is 13.3 Å². The van der Waals surface area contributed by atoms with Gasteiger partial charge in [-0.3, -0.25) is 15.1 Å². The highest BCUT2D eigenvalue weighted by molar-refractivity contribution is 5.76. The summed E-state index contributed by atoms with van der Waals surface area (Å²) in [5.41, 5.74) is 0.0424. The second-order valence-electron chi connectivity index (χ2n) is 4.15. The van der Waals surface area contributed by atoms with Crippen LogP contribution in [0.5, 0.6) is 0 Å². The molecule has 0 aromatic rings. The molecule has 0 saturated heterocycles. The molecule has 0 rings (SSSR count). The Hall–Kier alpha value is -0.900. The molecule has 0 fully saturated rings. The predicted molar refractivity (Wildman–Crippen MR) is 54.6 cm³/mol. The van der Waals surface area contributed by atoms with Gasteiger partial charge in [-0.05, 0) is 12.1 Å². The van der Waals surface area contributed by atoms with Gasteiger partial charge in [-0.2, -0.15) is 0 Å². The van der Waals surface area contributed by atoms with E-state index in [4.69, 9.17) is 0 Å². The van der Waals surface area contributed by atoms with Gasteiger partial charge in [0, 0.05) is 6.42 Å². The smallest absolute Gasteiger partial charge is 0.221 e. The van der Waals surface area contributed by atoms with Crippen molar-refractivity contribution in [2.24, 2.45) is 10.4 Å². The van der Waals surface area contributed by atoms with E-state index in [0.29, 0.717) is 19.8 Å². The average molecular weight is 185 g/mol. The lowest BCUT2D eigenvalue weighted by atomic mass is 9.92. The minimum atomic E-state index is 0.0424. The van der Waals surface area contributed by atoms with E-state index < -0.39 is 0 Å². The van der Waals surface area contributed by atoms with Gasteiger partial charge in [0.2, 0.25) is 5.91 Å². The Labute approximate surface area is 79.8 Å². The Morgan fingerprint density at radius 3 is 2.54 bits per heavy atom. The number of rotatable bonds is 5. The molecule has 0 atom stereocenters. The number of nitrogens with zero attached hydrogens (tertiary/aromatic N) is 1. The molecule has 0 bridgehead atoms. The summed E-state index contributed by atoms with van der Waals surface area (Å²) < 4.78 is 0. The lowest BCUT2D eigenvalue weighted by Gasteiger charge is -2.17. The van der Waals surface area contributed by atoms with Gasteiger partial charge in [0.05, 0.1) is 13.3 Å². The van der Waals surface area contributed by atoms with Crippen LogP contribution < -0.4 is 10.6 Å². The van der Waals surface area contributed by atoms with E-state index in [0.717, 1.165) is 0 Å². The summed E-state index contributed by atoms with van der Waals surface area (Å²) in [6.45, 7) is 10.3. The van der Waals surface area contributed by atoms with Crippen LogP contribution in [0.4, 0.5) is 0 Å². The van der Waals surface area contributed by atoms with E-state index in [1.807, 2.05) is 20.8 Å². The maximum atomic E-state index is 11.2. The molecule has 0 aliphatic rings. The minimum absolute atomic E-state index is 0.0424. The Balaban J connectivity index is 3.47. The Bertz CT molecular complexity index is 172. The van der Waals surface area contributed by atoms with Gasteiger partial charge in [0.1, 0.15) is 0 Å². The number of aliphatic imine (C=N–C) groups is 1. The molecule has 13 heavy (non-hydrogen) atoms. The van der Waals surface area contributed by atoms with E-state index in [1.54, 1.807) is 0 Å². The summed E-state index contributed by atoms with van der Waals surface area (Å²) in [5, 5.41) is 5.63. The number of hydrogen-bond donors (Lipinski definition) is 2. The fourth-order valence-corrected chi connectivity index (χ4v) is 0.840. The Kier molecular flexibility index (Phi) is 5.30. The predicted octanol–water partition coefficient (Wildman–Crippen LogP) is 0.744. The van der Waals surface area contributed by atoms with Crippen molar-refractivity contribution < 1.29 is 4.79 Å². The zero-order valence-corrected chi connectivity index (χ0v) is 8.68. The summed E-state index contributed by atoms with van der Waals surface area (Å²) >= 11 is 0. The first-order chi connectivity index (χ1) is 5.95. The molecule has 0 spiro atoms. The third-order valence-corrected chi connectivity index (χ3v) is 1.33. The van der Waals surface area contributed by atoms with E-state index in [1.165, 1.54) is 0 Å². The number of carbonyl (C=O) groups is 1. The standard InChI is InChI=1S/C9H19N3O/c1-9(2,3)5-8(13)12-7-11-6-10-4/h11H,4-7H2,1-3H3,(H,12,13). The Morgan fingerprint density at radius 2 is 2.08 bits per heavy atom. The molecule has 0 aliphatic heterocycles. The molecule has 1 amide bonds. The van der Waals surface area contributed by atoms with Crippen LogP contribution in [0.15, 0.2) is 4.99 Å². The minimum Gasteiger partial charge on any atom is -0.343 e. The largest absolute Gasteiger partial charge is 0.343 e. The van der Waals surface area contributed by atoms with Gasteiger partial charge in [0.15, 0.2) is 0 Å². The lowest BCUT2D eigenvalue weighted by Crippen LogP contribution is -2.35. The fourth-order valence-electron chi connectivity index (χ4n) is 0.840. The van der Waals surface area contributed by atoms with Crippen LogP contribution in [0, 0.1) is 5.41 Å². The molecular formula is C9H19N3O. The average Bonchev–Trinajstić information content (AvgIpc) is 1.94. The van der Waals surface area contributed by atoms with Crippen LogP contribution in [0.2, 0.25) is 0 Å². The van der Waals surface area contributed by atoms with Crippen molar-refractivity contribution in [3.8, 4) is 0 Å². The van der Waals surface area contributed by atoms with E-state index >= 15 is 0 Å². The second-order valence-corrected chi connectivity index (χ2v) is 4.15. The van der Waals surface area contributed by atoms with Gasteiger partial charge >= 0.3 is 0 Å². The second kappa shape index (κ2) is 5.70. The Morgan fingerprint density at radius 1 is 1.46 bits per heavy atom. The lowest BCUT2D eigenvalue weighted by molar-refractivity contribution is -0.122. The van der Waals surface area contributed by atoms with Crippen LogP contribution in [0.1, 0.15) is 27.2 Å². The van der Waals surface area contributed by atoms with Gasteiger partial charge in [-0.25, -0.2) is 0 Å². The van der Waals surface area contributed by atoms with E-state index in [2.05, 4.69) is 22.3 Å². The zero-order valence-electron chi connectivity index (χ0n) is 8.68. The quantitative estimate of drug-likeness (QED) is 0.377. The first-order valence-electron chi connectivity index (χ1n) is 4.35. The highest BCUT2D eigenvalue weighted by Gasteiger charge is 2.14. The summed E-state index contributed by atoms with van der Waals surface area (Å²) in [6, 6.07) is 0. The van der Waals surface area contributed by atoms with Crippen LogP contribution in [-0.4, -0.2) is 26.0 Å². The summed E-state index contributed by atoms with van der Waals surface area (Å²) in [5.74, 6) is 0.0593. The summed E-state index contributed by atoms with van der Waals surface area (Å²) in [6.07, 6.45) is 0.538. The molecule has 0 aromatic heterocycles. The fraction of sp³-hybridized carbons (Fsp3) is 0.778. The van der Waals surface area contributed by atoms with Gasteiger partial charge in [0.25, 0.3) is 0 Å². The van der Waals surface area contributed by atoms with E-state index in [9.17, 15) is 4.79 Å². The summed E-state index contributed by atoms with van der Waals surface area (Å²) in [4.78, 5) is 14.8. The van der Waals surface area contributed by atoms with Crippen LogP contribution in [0.25, 0.3) is 0 Å². The molecule has 0 radical (unpaired) electrons. The normalized spacial score (nSPS) is 11.0. The highest BCUT2D eigenvalue weighted by atomic mass is 16.1. The molecule has 0 saturated carbocycles. The molecule has 76 valence electrons. The third-order valence-electron chi connectivity index (χ3n) is 1.33. The van der Waals surface area contributed by atoms with Gasteiger partial charge in [-0.15, -0.1) is 0 Å². The molecule has 0 heterocycles. The first kappa shape index (κ1) is 12.1. The number of amides is 1. The number of carbonyl (C=O) groups excluding carboxylic acids is 1. The molecule has 4 heteroatoms. The van der Waals surface area contributed by atoms with Crippen molar-refractivity contribution in [1.29, 1.82) is 0 Å². The van der Waals surface area contributed by atoms with Gasteiger partial charge in [-0.1, -0.05) is 20.8 Å². The van der Waals surface area contributed by atoms with Crippen molar-refractivity contribution in [3.63, 3.8) is 0 Å². The van der Waals surface area contributed by atoms with E-state index in [-0.39, 0.29) is 11.3 Å². The van der Waals surface area contributed by atoms with Crippen molar-refractivity contribution in [1.82, 2.24) is 10.6 Å². The number of nitrogens with one attached hydrogen (secondary N) is 2. The topological polar surface area (TPSA) is 53.5 Å². The molecule has 0 unspecified atom stereocenters. The monoisotopic (exact) mass is 185 g/mol. The molecule has 2 N–H and O–H groups in total. The molecule has 0 aromatic carbocycles. The summed E-state index contributed by atoms with van der Waals surface area (Å²) in [7, 11) is 0. The van der Waals surface area contributed by atoms with Crippen LogP contribution in [-0.2, 0) is 4.79 Å². The highest BCUT2D eigenvalue weighted by Crippen LogP contribution is 2.17. The third kappa shape index (κ3) is 9.01. The maximum absolute atomic E-state index is 11.2.